The summed E-state index contributed by atoms with van der Waals surface area (Å²) in [5.74, 6) is 0.585. The molecule has 0 saturated carbocycles. The van der Waals surface area contributed by atoms with Crippen LogP contribution < -0.4 is 9.47 Å². The average molecular weight is 418 g/mol. The predicted molar refractivity (Wildman–Crippen MR) is 121 cm³/mol. The molecule has 0 heterocycles. The van der Waals surface area contributed by atoms with Gasteiger partial charge in [-0.2, -0.15) is 0 Å². The Morgan fingerprint density at radius 3 is 2.00 bits per heavy atom. The highest BCUT2D eigenvalue weighted by Gasteiger charge is 2.10. The number of hydrogen-bond acceptors (Lipinski definition) is 5. The predicted octanol–water partition coefficient (Wildman–Crippen LogP) is 4.89. The molecule has 160 valence electrons. The number of benzene rings is 3. The molecule has 0 fully saturated rings. The van der Waals surface area contributed by atoms with E-state index >= 15 is 0 Å². The van der Waals surface area contributed by atoms with Gasteiger partial charge in [0.05, 0.1) is 6.61 Å². The van der Waals surface area contributed by atoms with Crippen LogP contribution in [0.1, 0.15) is 6.92 Å². The second-order valence-electron chi connectivity index (χ2n) is 6.94. The van der Waals surface area contributed by atoms with Crippen LogP contribution in [-0.2, 0) is 9.53 Å². The van der Waals surface area contributed by atoms with Crippen molar-refractivity contribution < 1.29 is 24.1 Å². The second-order valence-corrected chi connectivity index (χ2v) is 6.94. The first-order valence-corrected chi connectivity index (χ1v) is 10.1. The van der Waals surface area contributed by atoms with Gasteiger partial charge in [0.25, 0.3) is 0 Å². The molecule has 0 unspecified atom stereocenters. The van der Waals surface area contributed by atoms with Crippen LogP contribution in [0.4, 0.5) is 0 Å². The molecule has 31 heavy (non-hydrogen) atoms. The Kier molecular flexibility index (Phi) is 7.85. The van der Waals surface area contributed by atoms with Crippen molar-refractivity contribution in [1.29, 1.82) is 0 Å². The minimum absolute atomic E-state index is 0.0983. The molecule has 3 aromatic carbocycles. The van der Waals surface area contributed by atoms with Crippen LogP contribution in [0.25, 0.3) is 22.3 Å². The zero-order valence-electron chi connectivity index (χ0n) is 17.5. The number of ether oxygens (including phenoxy) is 3. The highest BCUT2D eigenvalue weighted by atomic mass is 16.6. The van der Waals surface area contributed by atoms with Crippen LogP contribution in [-0.4, -0.2) is 37.5 Å². The van der Waals surface area contributed by atoms with E-state index in [4.69, 9.17) is 19.3 Å². The molecule has 5 nitrogen and oxygen atoms in total. The van der Waals surface area contributed by atoms with Crippen molar-refractivity contribution in [3.05, 3.63) is 84.9 Å². The van der Waals surface area contributed by atoms with E-state index in [-0.39, 0.29) is 26.4 Å². The Hall–Kier alpha value is -3.57. The molecule has 3 rings (SSSR count). The van der Waals surface area contributed by atoms with Gasteiger partial charge in [-0.1, -0.05) is 67.2 Å². The van der Waals surface area contributed by atoms with Gasteiger partial charge in [0, 0.05) is 5.57 Å². The highest BCUT2D eigenvalue weighted by molar-refractivity contribution is 5.86. The standard InChI is InChI=1S/C26H26O5/c1-19(2)26(28)31-17-16-30-25-18-23(12-13-24(25)29-15-14-27)22-10-8-21(9-11-22)20-6-4-3-5-7-20/h3-13,18,27H,1,14-17H2,2H3. The summed E-state index contributed by atoms with van der Waals surface area (Å²) in [7, 11) is 0. The van der Waals surface area contributed by atoms with E-state index in [0.29, 0.717) is 17.1 Å². The maximum absolute atomic E-state index is 11.5. The van der Waals surface area contributed by atoms with Gasteiger partial charge in [0.2, 0.25) is 0 Å². The van der Waals surface area contributed by atoms with E-state index in [2.05, 4.69) is 43.0 Å². The summed E-state index contributed by atoms with van der Waals surface area (Å²) in [5.41, 5.74) is 4.64. The summed E-state index contributed by atoms with van der Waals surface area (Å²) in [6, 6.07) is 24.1. The van der Waals surface area contributed by atoms with Crippen molar-refractivity contribution in [1.82, 2.24) is 0 Å². The molecule has 0 bridgehead atoms. The van der Waals surface area contributed by atoms with Gasteiger partial charge in [-0.15, -0.1) is 0 Å². The number of rotatable bonds is 10. The maximum Gasteiger partial charge on any atom is 0.333 e. The van der Waals surface area contributed by atoms with Crippen molar-refractivity contribution in [2.24, 2.45) is 0 Å². The van der Waals surface area contributed by atoms with E-state index in [1.54, 1.807) is 6.92 Å². The minimum Gasteiger partial charge on any atom is -0.487 e. The lowest BCUT2D eigenvalue weighted by Gasteiger charge is -2.14. The fourth-order valence-corrected chi connectivity index (χ4v) is 2.97. The van der Waals surface area contributed by atoms with Crippen LogP contribution in [0, 0.1) is 0 Å². The van der Waals surface area contributed by atoms with Crippen LogP contribution in [0.2, 0.25) is 0 Å². The lowest BCUT2D eigenvalue weighted by atomic mass is 10.00. The molecule has 0 atom stereocenters. The summed E-state index contributed by atoms with van der Waals surface area (Å²) >= 11 is 0. The van der Waals surface area contributed by atoms with Crippen molar-refractivity contribution in [2.75, 3.05) is 26.4 Å². The smallest absolute Gasteiger partial charge is 0.333 e. The molecule has 0 aliphatic rings. The van der Waals surface area contributed by atoms with E-state index < -0.39 is 5.97 Å². The van der Waals surface area contributed by atoms with Gasteiger partial charge in [-0.3, -0.25) is 0 Å². The van der Waals surface area contributed by atoms with Gasteiger partial charge in [0.1, 0.15) is 19.8 Å². The van der Waals surface area contributed by atoms with Crippen LogP contribution in [0.15, 0.2) is 84.9 Å². The van der Waals surface area contributed by atoms with Crippen LogP contribution in [0.3, 0.4) is 0 Å². The van der Waals surface area contributed by atoms with E-state index in [0.717, 1.165) is 22.3 Å². The SMILES string of the molecule is C=C(C)C(=O)OCCOc1cc(-c2ccc(-c3ccccc3)cc2)ccc1OCCO. The third-order valence-corrected chi connectivity index (χ3v) is 4.54. The molecule has 0 aliphatic carbocycles. The van der Waals surface area contributed by atoms with Crippen molar-refractivity contribution in [3.8, 4) is 33.8 Å². The topological polar surface area (TPSA) is 65.0 Å². The first-order valence-electron chi connectivity index (χ1n) is 10.1. The molecule has 0 radical (unpaired) electrons. The van der Waals surface area contributed by atoms with Gasteiger partial charge in [0.15, 0.2) is 11.5 Å². The molecule has 0 aliphatic heterocycles. The first kappa shape index (κ1) is 22.1. The quantitative estimate of drug-likeness (QED) is 0.289. The van der Waals surface area contributed by atoms with E-state index in [9.17, 15) is 4.79 Å². The monoisotopic (exact) mass is 418 g/mol. The van der Waals surface area contributed by atoms with E-state index in [1.165, 1.54) is 0 Å². The molecule has 5 heteroatoms. The average Bonchev–Trinajstić information content (AvgIpc) is 2.81. The summed E-state index contributed by atoms with van der Waals surface area (Å²) in [6.45, 7) is 5.48. The van der Waals surface area contributed by atoms with Crippen molar-refractivity contribution in [2.45, 2.75) is 6.92 Å². The zero-order valence-corrected chi connectivity index (χ0v) is 17.5. The number of aliphatic hydroxyl groups excluding tert-OH is 1. The summed E-state index contributed by atoms with van der Waals surface area (Å²) in [6.07, 6.45) is 0. The van der Waals surface area contributed by atoms with Gasteiger partial charge < -0.3 is 19.3 Å². The molecule has 1 N–H and O–H groups in total. The number of aliphatic hydroxyl groups is 1. The molecular formula is C26H26O5. The molecule has 0 aromatic heterocycles. The Balaban J connectivity index is 1.75. The number of carbonyl (C=O) groups is 1. The largest absolute Gasteiger partial charge is 0.487 e. The number of hydrogen-bond donors (Lipinski definition) is 1. The molecule has 0 amide bonds. The molecule has 0 saturated heterocycles. The minimum atomic E-state index is -0.451. The Bertz CT molecular complexity index is 1010. The molecular weight excluding hydrogens is 392 g/mol. The number of esters is 1. The van der Waals surface area contributed by atoms with Gasteiger partial charge in [-0.25, -0.2) is 4.79 Å². The van der Waals surface area contributed by atoms with Gasteiger partial charge >= 0.3 is 5.97 Å². The van der Waals surface area contributed by atoms with Crippen LogP contribution in [0.5, 0.6) is 11.5 Å². The second kappa shape index (κ2) is 11.0. The Morgan fingerprint density at radius 2 is 1.35 bits per heavy atom. The third kappa shape index (κ3) is 6.20. The summed E-state index contributed by atoms with van der Waals surface area (Å²) in [5, 5.41) is 9.07. The first-order chi connectivity index (χ1) is 15.1. The van der Waals surface area contributed by atoms with Crippen molar-refractivity contribution >= 4 is 5.97 Å². The lowest BCUT2D eigenvalue weighted by molar-refractivity contribution is -0.139. The normalized spacial score (nSPS) is 10.4. The van der Waals surface area contributed by atoms with Gasteiger partial charge in [-0.05, 0) is 41.3 Å². The van der Waals surface area contributed by atoms with Crippen LogP contribution >= 0.6 is 0 Å². The third-order valence-electron chi connectivity index (χ3n) is 4.54. The Labute approximate surface area is 182 Å². The molecule has 0 spiro atoms. The van der Waals surface area contributed by atoms with Crippen molar-refractivity contribution in [3.63, 3.8) is 0 Å². The maximum atomic E-state index is 11.5. The summed E-state index contributed by atoms with van der Waals surface area (Å²) in [4.78, 5) is 11.5. The highest BCUT2D eigenvalue weighted by Crippen LogP contribution is 2.33. The lowest BCUT2D eigenvalue weighted by Crippen LogP contribution is -2.13. The number of carbonyl (C=O) groups excluding carboxylic acids is 1. The fourth-order valence-electron chi connectivity index (χ4n) is 2.97. The van der Waals surface area contributed by atoms with E-state index in [1.807, 2.05) is 36.4 Å². The zero-order chi connectivity index (χ0) is 22.1. The summed E-state index contributed by atoms with van der Waals surface area (Å²) < 4.78 is 16.5. The Morgan fingerprint density at radius 1 is 0.774 bits per heavy atom. The molecule has 3 aromatic rings. The fraction of sp³-hybridized carbons (Fsp3) is 0.192.